The van der Waals surface area contributed by atoms with Crippen LogP contribution in [0.3, 0.4) is 0 Å². The lowest BCUT2D eigenvalue weighted by atomic mass is 10.1. The van der Waals surface area contributed by atoms with Gasteiger partial charge in [0.1, 0.15) is 5.82 Å². The van der Waals surface area contributed by atoms with Gasteiger partial charge in [-0.05, 0) is 0 Å². The van der Waals surface area contributed by atoms with Gasteiger partial charge in [0.15, 0.2) is 23.1 Å². The molecule has 3 N–H and O–H groups in total. The first kappa shape index (κ1) is 12.2. The summed E-state index contributed by atoms with van der Waals surface area (Å²) in [5.41, 5.74) is 5.41. The summed E-state index contributed by atoms with van der Waals surface area (Å²) in [5.74, 6) is -2.92. The molecule has 0 spiro atoms. The van der Waals surface area contributed by atoms with E-state index >= 15 is 0 Å². The first-order valence-electron chi connectivity index (χ1n) is 5.00. The normalized spacial score (nSPS) is 10.7. The molecular weight excluding hydrogens is 244 g/mol. The molecule has 0 saturated heterocycles. The number of anilines is 1. The Hall–Kier alpha value is -2.31. The molecule has 2 rings (SSSR count). The van der Waals surface area contributed by atoms with Crippen LogP contribution in [0.15, 0.2) is 12.3 Å². The summed E-state index contributed by atoms with van der Waals surface area (Å²) in [7, 11) is 2.78. The van der Waals surface area contributed by atoms with Crippen LogP contribution in [0.1, 0.15) is 0 Å². The van der Waals surface area contributed by atoms with Crippen molar-refractivity contribution in [2.24, 2.45) is 7.05 Å². The number of nitrogens with zero attached hydrogens (tertiary/aromatic N) is 2. The Morgan fingerprint density at radius 1 is 1.44 bits per heavy atom. The molecule has 18 heavy (non-hydrogen) atoms. The fourth-order valence-corrected chi connectivity index (χ4v) is 1.63. The summed E-state index contributed by atoms with van der Waals surface area (Å²) < 4.78 is 33.2. The van der Waals surface area contributed by atoms with Gasteiger partial charge in [-0.2, -0.15) is 5.10 Å². The van der Waals surface area contributed by atoms with E-state index in [1.165, 1.54) is 18.0 Å². The lowest BCUT2D eigenvalue weighted by Gasteiger charge is -2.10. The third kappa shape index (κ3) is 1.64. The second kappa shape index (κ2) is 4.17. The maximum Gasteiger partial charge on any atom is 0.170 e. The molecule has 0 aliphatic heterocycles. The van der Waals surface area contributed by atoms with Gasteiger partial charge in [-0.3, -0.25) is 4.68 Å². The molecule has 1 aromatic heterocycles. The largest absolute Gasteiger partial charge is 0.504 e. The van der Waals surface area contributed by atoms with E-state index in [2.05, 4.69) is 5.10 Å². The molecule has 0 aliphatic rings. The monoisotopic (exact) mass is 255 g/mol. The van der Waals surface area contributed by atoms with E-state index < -0.39 is 17.4 Å². The molecule has 0 fully saturated rings. The summed E-state index contributed by atoms with van der Waals surface area (Å²) in [5, 5.41) is 13.7. The Bertz CT molecular complexity index is 611. The SMILES string of the molecule is COc1cc(F)c(F)c(-c2cnn(C)c2N)c1O. The van der Waals surface area contributed by atoms with E-state index in [9.17, 15) is 13.9 Å². The maximum atomic E-state index is 13.8. The quantitative estimate of drug-likeness (QED) is 0.856. The summed E-state index contributed by atoms with van der Waals surface area (Å²) in [6.07, 6.45) is 1.24. The Balaban J connectivity index is 2.78. The minimum Gasteiger partial charge on any atom is -0.504 e. The summed E-state index contributed by atoms with van der Waals surface area (Å²) in [6, 6.07) is 0.765. The number of aryl methyl sites for hydroxylation is 1. The van der Waals surface area contributed by atoms with E-state index in [-0.39, 0.29) is 22.7 Å². The van der Waals surface area contributed by atoms with Gasteiger partial charge in [-0.1, -0.05) is 0 Å². The minimum absolute atomic E-state index is 0.102. The third-order valence-electron chi connectivity index (χ3n) is 2.63. The predicted octanol–water partition coefficient (Wildman–Crippen LogP) is 1.66. The van der Waals surface area contributed by atoms with E-state index in [1.54, 1.807) is 7.05 Å². The number of aromatic hydroxyl groups is 1. The van der Waals surface area contributed by atoms with Crippen molar-refractivity contribution < 1.29 is 18.6 Å². The zero-order valence-electron chi connectivity index (χ0n) is 9.74. The summed E-state index contributed by atoms with van der Waals surface area (Å²) in [4.78, 5) is 0. The molecule has 0 aliphatic carbocycles. The number of halogens is 2. The van der Waals surface area contributed by atoms with Crippen molar-refractivity contribution in [3.63, 3.8) is 0 Å². The van der Waals surface area contributed by atoms with E-state index in [0.717, 1.165) is 6.07 Å². The van der Waals surface area contributed by atoms with Crippen molar-refractivity contribution in [1.82, 2.24) is 9.78 Å². The Labute approximate surface area is 101 Å². The third-order valence-corrected chi connectivity index (χ3v) is 2.63. The zero-order chi connectivity index (χ0) is 13.4. The molecule has 5 nitrogen and oxygen atoms in total. The smallest absolute Gasteiger partial charge is 0.170 e. The van der Waals surface area contributed by atoms with Gasteiger partial charge in [-0.25, -0.2) is 8.78 Å². The van der Waals surface area contributed by atoms with E-state index in [4.69, 9.17) is 10.5 Å². The van der Waals surface area contributed by atoms with Crippen LogP contribution in [-0.4, -0.2) is 22.0 Å². The molecular formula is C11H11F2N3O2. The van der Waals surface area contributed by atoms with Crippen molar-refractivity contribution in [2.75, 3.05) is 12.8 Å². The van der Waals surface area contributed by atoms with Gasteiger partial charge >= 0.3 is 0 Å². The second-order valence-electron chi connectivity index (χ2n) is 3.67. The highest BCUT2D eigenvalue weighted by molar-refractivity contribution is 5.80. The van der Waals surface area contributed by atoms with Crippen LogP contribution in [0, 0.1) is 11.6 Å². The highest BCUT2D eigenvalue weighted by atomic mass is 19.2. The molecule has 1 aromatic carbocycles. The standard InChI is InChI=1S/C11H11F2N3O2/c1-16-11(14)5(4-15-16)8-9(13)6(12)3-7(18-2)10(8)17/h3-4,17H,14H2,1-2H3. The van der Waals surface area contributed by atoms with E-state index in [0.29, 0.717) is 0 Å². The number of aromatic nitrogens is 2. The van der Waals surface area contributed by atoms with Gasteiger partial charge in [-0.15, -0.1) is 0 Å². The number of benzene rings is 1. The molecule has 0 saturated carbocycles. The number of methoxy groups -OCH3 is 1. The van der Waals surface area contributed by atoms with Gasteiger partial charge in [0, 0.05) is 13.1 Å². The number of phenolic OH excluding ortho intramolecular Hbond substituents is 1. The summed E-state index contributed by atoms with van der Waals surface area (Å²) in [6.45, 7) is 0. The van der Waals surface area contributed by atoms with E-state index in [1.807, 2.05) is 0 Å². The van der Waals surface area contributed by atoms with Crippen LogP contribution in [0.25, 0.3) is 11.1 Å². The van der Waals surface area contributed by atoms with Gasteiger partial charge in [0.25, 0.3) is 0 Å². The molecule has 2 aromatic rings. The molecule has 0 amide bonds. The highest BCUT2D eigenvalue weighted by Crippen LogP contribution is 2.42. The van der Waals surface area contributed by atoms with Crippen molar-refractivity contribution in [2.45, 2.75) is 0 Å². The van der Waals surface area contributed by atoms with Gasteiger partial charge in [0.2, 0.25) is 0 Å². The van der Waals surface area contributed by atoms with Crippen LogP contribution >= 0.6 is 0 Å². The number of nitrogens with two attached hydrogens (primary N) is 1. The Morgan fingerprint density at radius 3 is 2.61 bits per heavy atom. The number of phenols is 1. The molecule has 0 bridgehead atoms. The Kier molecular flexibility index (Phi) is 2.82. The van der Waals surface area contributed by atoms with Crippen LogP contribution in [-0.2, 0) is 7.05 Å². The van der Waals surface area contributed by atoms with Gasteiger partial charge < -0.3 is 15.6 Å². The number of rotatable bonds is 2. The number of nitrogen functional groups attached to an aromatic ring is 1. The Morgan fingerprint density at radius 2 is 2.11 bits per heavy atom. The fourth-order valence-electron chi connectivity index (χ4n) is 1.63. The molecule has 0 unspecified atom stereocenters. The molecule has 0 radical (unpaired) electrons. The van der Waals surface area contributed by atoms with Crippen LogP contribution in [0.2, 0.25) is 0 Å². The van der Waals surface area contributed by atoms with Crippen molar-refractivity contribution in [1.29, 1.82) is 0 Å². The lowest BCUT2D eigenvalue weighted by molar-refractivity contribution is 0.366. The lowest BCUT2D eigenvalue weighted by Crippen LogP contribution is -2.00. The van der Waals surface area contributed by atoms with Crippen molar-refractivity contribution in [3.8, 4) is 22.6 Å². The molecule has 0 atom stereocenters. The summed E-state index contributed by atoms with van der Waals surface area (Å²) >= 11 is 0. The second-order valence-corrected chi connectivity index (χ2v) is 3.67. The number of hydrogen-bond donors (Lipinski definition) is 2. The van der Waals surface area contributed by atoms with Crippen LogP contribution < -0.4 is 10.5 Å². The maximum absolute atomic E-state index is 13.8. The van der Waals surface area contributed by atoms with Crippen molar-refractivity contribution >= 4 is 5.82 Å². The zero-order valence-corrected chi connectivity index (χ0v) is 9.74. The number of ether oxygens (including phenoxy) is 1. The topological polar surface area (TPSA) is 73.3 Å². The molecule has 96 valence electrons. The highest BCUT2D eigenvalue weighted by Gasteiger charge is 2.23. The minimum atomic E-state index is -1.20. The number of hydrogen-bond acceptors (Lipinski definition) is 4. The first-order chi connectivity index (χ1) is 8.47. The average Bonchev–Trinajstić information content (AvgIpc) is 2.66. The van der Waals surface area contributed by atoms with Crippen molar-refractivity contribution in [3.05, 3.63) is 23.9 Å². The molecule has 7 heteroatoms. The average molecular weight is 255 g/mol. The first-order valence-corrected chi connectivity index (χ1v) is 5.00. The van der Waals surface area contributed by atoms with Crippen LogP contribution in [0.5, 0.6) is 11.5 Å². The van der Waals surface area contributed by atoms with Gasteiger partial charge in [0.05, 0.1) is 24.4 Å². The predicted molar refractivity (Wildman–Crippen MR) is 61.2 cm³/mol. The van der Waals surface area contributed by atoms with Crippen LogP contribution in [0.4, 0.5) is 14.6 Å². The molecule has 1 heterocycles. The fraction of sp³-hybridized carbons (Fsp3) is 0.182.